The van der Waals surface area contributed by atoms with Gasteiger partial charge in [-0.2, -0.15) is 0 Å². The molecule has 1 rings (SSSR count). The zero-order valence-corrected chi connectivity index (χ0v) is 16.9. The molecule has 7 heteroatoms. The molecule has 1 aromatic heterocycles. The summed E-state index contributed by atoms with van der Waals surface area (Å²) in [5.74, 6) is -0.0801. The van der Waals surface area contributed by atoms with Crippen LogP contribution < -0.4 is 16.0 Å². The average Bonchev–Trinajstić information content (AvgIpc) is 2.93. The molecule has 0 saturated heterocycles. The summed E-state index contributed by atoms with van der Waals surface area (Å²) in [6.07, 6.45) is 1.32. The van der Waals surface area contributed by atoms with E-state index in [4.69, 9.17) is 4.74 Å². The Morgan fingerprint density at radius 1 is 1.20 bits per heavy atom. The van der Waals surface area contributed by atoms with Crippen molar-refractivity contribution < 1.29 is 14.3 Å². The first-order valence-corrected chi connectivity index (χ1v) is 9.54. The molecule has 2 amide bonds. The Labute approximate surface area is 154 Å². The molecular formula is C18H31N3O3S. The Balaban J connectivity index is 2.68. The molecule has 0 aliphatic rings. The van der Waals surface area contributed by atoms with Crippen molar-refractivity contribution in [2.24, 2.45) is 0 Å². The molecule has 1 heterocycles. The number of carbonyl (C=O) groups excluding carboxylic acids is 2. The van der Waals surface area contributed by atoms with Gasteiger partial charge in [0, 0.05) is 30.4 Å². The Morgan fingerprint density at radius 2 is 1.84 bits per heavy atom. The van der Waals surface area contributed by atoms with Crippen LogP contribution in [0.1, 0.15) is 59.3 Å². The van der Waals surface area contributed by atoms with E-state index >= 15 is 0 Å². The minimum atomic E-state index is -0.511. The highest BCUT2D eigenvalue weighted by atomic mass is 32.1. The van der Waals surface area contributed by atoms with Gasteiger partial charge >= 0.3 is 6.09 Å². The van der Waals surface area contributed by atoms with Gasteiger partial charge in [0.15, 0.2) is 0 Å². The zero-order chi connectivity index (χ0) is 19.1. The van der Waals surface area contributed by atoms with Gasteiger partial charge < -0.3 is 20.7 Å². The third-order valence-electron chi connectivity index (χ3n) is 4.00. The van der Waals surface area contributed by atoms with Crippen LogP contribution in [0.2, 0.25) is 0 Å². The number of hydrogen-bond acceptors (Lipinski definition) is 5. The monoisotopic (exact) mass is 369 g/mol. The van der Waals surface area contributed by atoms with Crippen molar-refractivity contribution in [2.75, 3.05) is 11.9 Å². The summed E-state index contributed by atoms with van der Waals surface area (Å²) in [4.78, 5) is 24.3. The molecule has 0 bridgehead atoms. The van der Waals surface area contributed by atoms with Gasteiger partial charge in [0.2, 0.25) is 5.91 Å². The van der Waals surface area contributed by atoms with E-state index < -0.39 is 11.7 Å². The van der Waals surface area contributed by atoms with E-state index in [-0.39, 0.29) is 11.4 Å². The van der Waals surface area contributed by atoms with E-state index in [1.807, 2.05) is 32.2 Å². The minimum absolute atomic E-state index is 0.0801. The molecule has 0 aliphatic carbocycles. The normalized spacial score (nSPS) is 11.9. The van der Waals surface area contributed by atoms with Gasteiger partial charge in [-0.05, 0) is 45.1 Å². The quantitative estimate of drug-likeness (QED) is 0.650. The molecule has 0 saturated carbocycles. The molecule has 3 N–H and O–H groups in total. The summed E-state index contributed by atoms with van der Waals surface area (Å²) >= 11 is 1.60. The number of nitrogens with one attached hydrogen (secondary N) is 3. The fourth-order valence-electron chi connectivity index (χ4n) is 2.41. The summed E-state index contributed by atoms with van der Waals surface area (Å²) < 4.78 is 5.31. The predicted molar refractivity (Wildman–Crippen MR) is 103 cm³/mol. The number of alkyl carbamates (subject to hydrolysis) is 1. The van der Waals surface area contributed by atoms with Crippen LogP contribution in [-0.4, -0.2) is 29.7 Å². The summed E-state index contributed by atoms with van der Waals surface area (Å²) in [7, 11) is 0. The van der Waals surface area contributed by atoms with Crippen LogP contribution in [0.3, 0.4) is 0 Å². The lowest BCUT2D eigenvalue weighted by atomic mass is 9.92. The number of carbonyl (C=O) groups is 2. The number of anilines is 1. The van der Waals surface area contributed by atoms with Crippen LogP contribution in [0.15, 0.2) is 11.4 Å². The number of rotatable bonds is 8. The molecule has 0 aliphatic heterocycles. The van der Waals surface area contributed by atoms with E-state index in [0.29, 0.717) is 13.1 Å². The first kappa shape index (κ1) is 21.4. The van der Waals surface area contributed by atoms with Gasteiger partial charge in [0.25, 0.3) is 0 Å². The molecule has 0 fully saturated rings. The second kappa shape index (κ2) is 9.20. The number of amides is 2. The SMILES string of the molecule is CCC(CC)(CNC(=O)OC(C)(C)C)NCc1sccc1NC(C)=O. The second-order valence-electron chi connectivity index (χ2n) is 7.14. The highest BCUT2D eigenvalue weighted by molar-refractivity contribution is 7.10. The number of ether oxygens (including phenoxy) is 1. The maximum atomic E-state index is 11.9. The van der Waals surface area contributed by atoms with Crippen LogP contribution in [0.25, 0.3) is 0 Å². The summed E-state index contributed by atoms with van der Waals surface area (Å²) in [5, 5.41) is 11.2. The lowest BCUT2D eigenvalue weighted by molar-refractivity contribution is -0.114. The van der Waals surface area contributed by atoms with Crippen molar-refractivity contribution >= 4 is 29.0 Å². The maximum Gasteiger partial charge on any atom is 0.407 e. The van der Waals surface area contributed by atoms with Gasteiger partial charge in [-0.3, -0.25) is 4.79 Å². The first-order chi connectivity index (χ1) is 11.6. The molecule has 0 spiro atoms. The van der Waals surface area contributed by atoms with Crippen molar-refractivity contribution in [2.45, 2.75) is 72.1 Å². The fraction of sp³-hybridized carbons (Fsp3) is 0.667. The van der Waals surface area contributed by atoms with Crippen LogP contribution in [-0.2, 0) is 16.1 Å². The molecule has 0 aromatic carbocycles. The summed E-state index contributed by atoms with van der Waals surface area (Å²) in [6.45, 7) is 12.3. The molecular weight excluding hydrogens is 338 g/mol. The number of thiophene rings is 1. The van der Waals surface area contributed by atoms with Crippen molar-refractivity contribution in [1.29, 1.82) is 0 Å². The Kier molecular flexibility index (Phi) is 7.89. The van der Waals surface area contributed by atoms with Gasteiger partial charge in [-0.1, -0.05) is 13.8 Å². The predicted octanol–water partition coefficient (Wildman–Crippen LogP) is 3.88. The molecule has 0 radical (unpaired) electrons. The largest absolute Gasteiger partial charge is 0.444 e. The zero-order valence-electron chi connectivity index (χ0n) is 16.1. The molecule has 0 atom stereocenters. The standard InChI is InChI=1S/C18H31N3O3S/c1-7-18(8-2,12-19-16(23)24-17(4,5)6)20-11-15-14(9-10-25-15)21-13(3)22/h9-10,20H,7-8,11-12H2,1-6H3,(H,19,23)(H,21,22). The van der Waals surface area contributed by atoms with Crippen molar-refractivity contribution in [3.63, 3.8) is 0 Å². The highest BCUT2D eigenvalue weighted by Crippen LogP contribution is 2.24. The fourth-order valence-corrected chi connectivity index (χ4v) is 3.18. The van der Waals surface area contributed by atoms with E-state index in [1.165, 1.54) is 6.92 Å². The van der Waals surface area contributed by atoms with Gasteiger partial charge in [-0.15, -0.1) is 11.3 Å². The van der Waals surface area contributed by atoms with E-state index in [1.54, 1.807) is 11.3 Å². The van der Waals surface area contributed by atoms with E-state index in [9.17, 15) is 9.59 Å². The maximum absolute atomic E-state index is 11.9. The summed E-state index contributed by atoms with van der Waals surface area (Å²) in [6, 6.07) is 1.90. The Bertz CT molecular complexity index is 574. The Hall–Kier alpha value is -1.60. The van der Waals surface area contributed by atoms with Crippen LogP contribution >= 0.6 is 11.3 Å². The van der Waals surface area contributed by atoms with E-state index in [2.05, 4.69) is 29.8 Å². The van der Waals surface area contributed by atoms with Crippen LogP contribution in [0.5, 0.6) is 0 Å². The number of hydrogen-bond donors (Lipinski definition) is 3. The molecule has 142 valence electrons. The topological polar surface area (TPSA) is 79.5 Å². The van der Waals surface area contributed by atoms with Crippen molar-refractivity contribution in [3.05, 3.63) is 16.3 Å². The van der Waals surface area contributed by atoms with Crippen LogP contribution in [0.4, 0.5) is 10.5 Å². The van der Waals surface area contributed by atoms with E-state index in [0.717, 1.165) is 23.4 Å². The molecule has 0 unspecified atom stereocenters. The lowest BCUT2D eigenvalue weighted by Gasteiger charge is -2.33. The highest BCUT2D eigenvalue weighted by Gasteiger charge is 2.27. The Morgan fingerprint density at radius 3 is 2.36 bits per heavy atom. The van der Waals surface area contributed by atoms with Gasteiger partial charge in [-0.25, -0.2) is 4.79 Å². The smallest absolute Gasteiger partial charge is 0.407 e. The second-order valence-corrected chi connectivity index (χ2v) is 8.14. The molecule has 6 nitrogen and oxygen atoms in total. The van der Waals surface area contributed by atoms with Crippen molar-refractivity contribution in [3.8, 4) is 0 Å². The molecule has 1 aromatic rings. The average molecular weight is 370 g/mol. The lowest BCUT2D eigenvalue weighted by Crippen LogP contribution is -2.53. The summed E-state index contributed by atoms with van der Waals surface area (Å²) in [5.41, 5.74) is 0.100. The minimum Gasteiger partial charge on any atom is -0.444 e. The van der Waals surface area contributed by atoms with Gasteiger partial charge in [0.1, 0.15) is 5.60 Å². The third kappa shape index (κ3) is 7.44. The van der Waals surface area contributed by atoms with Crippen molar-refractivity contribution in [1.82, 2.24) is 10.6 Å². The van der Waals surface area contributed by atoms with Gasteiger partial charge in [0.05, 0.1) is 5.69 Å². The van der Waals surface area contributed by atoms with Crippen LogP contribution in [0, 0.1) is 0 Å². The third-order valence-corrected chi connectivity index (χ3v) is 4.92. The first-order valence-electron chi connectivity index (χ1n) is 8.66. The molecule has 25 heavy (non-hydrogen) atoms.